The Balaban J connectivity index is 2.18. The first-order chi connectivity index (χ1) is 8.56. The molecule has 0 aliphatic carbocycles. The molecule has 2 aromatic carbocycles. The van der Waals surface area contributed by atoms with Gasteiger partial charge in [-0.1, -0.05) is 23.2 Å². The minimum atomic E-state index is -0.948. The van der Waals surface area contributed by atoms with E-state index in [0.717, 1.165) is 11.4 Å². The number of carboxylic acid groups (broad SMARTS) is 1. The Bertz CT molecular complexity index is 582. The summed E-state index contributed by atoms with van der Waals surface area (Å²) in [5.41, 5.74) is 1.81. The summed E-state index contributed by atoms with van der Waals surface area (Å²) in [6.45, 7) is 0. The Morgan fingerprint density at radius 1 is 0.944 bits per heavy atom. The first kappa shape index (κ1) is 12.7. The third-order valence-corrected chi connectivity index (χ3v) is 3.08. The zero-order chi connectivity index (χ0) is 13.1. The van der Waals surface area contributed by atoms with Crippen LogP contribution >= 0.6 is 23.2 Å². The molecule has 0 unspecified atom stereocenters. The van der Waals surface area contributed by atoms with Gasteiger partial charge in [-0.3, -0.25) is 0 Å². The molecular weight excluding hydrogens is 273 g/mol. The molecule has 0 heterocycles. The van der Waals surface area contributed by atoms with E-state index < -0.39 is 5.97 Å². The van der Waals surface area contributed by atoms with E-state index in [-0.39, 0.29) is 5.56 Å². The normalized spacial score (nSPS) is 10.1. The third-order valence-electron chi connectivity index (χ3n) is 2.34. The van der Waals surface area contributed by atoms with E-state index in [1.807, 2.05) is 0 Å². The smallest absolute Gasteiger partial charge is 0.335 e. The molecule has 0 radical (unpaired) electrons. The molecule has 2 rings (SSSR count). The molecule has 0 saturated carbocycles. The average Bonchev–Trinajstić information content (AvgIpc) is 2.34. The van der Waals surface area contributed by atoms with Crippen LogP contribution in [-0.4, -0.2) is 11.1 Å². The second-order valence-electron chi connectivity index (χ2n) is 3.64. The maximum absolute atomic E-state index is 10.7. The van der Waals surface area contributed by atoms with Crippen LogP contribution in [0.25, 0.3) is 0 Å². The summed E-state index contributed by atoms with van der Waals surface area (Å²) in [5.74, 6) is -0.948. The number of anilines is 2. The maximum Gasteiger partial charge on any atom is 0.335 e. The highest BCUT2D eigenvalue weighted by Gasteiger charge is 2.03. The Kier molecular flexibility index (Phi) is 3.75. The van der Waals surface area contributed by atoms with Crippen LogP contribution in [-0.2, 0) is 0 Å². The first-order valence-electron chi connectivity index (χ1n) is 5.12. The van der Waals surface area contributed by atoms with Crippen molar-refractivity contribution in [3.05, 3.63) is 58.1 Å². The number of aromatic carboxylic acids is 1. The highest BCUT2D eigenvalue weighted by molar-refractivity contribution is 6.42. The van der Waals surface area contributed by atoms with Gasteiger partial charge < -0.3 is 10.4 Å². The van der Waals surface area contributed by atoms with Gasteiger partial charge in [0.1, 0.15) is 0 Å². The number of carboxylic acids is 1. The predicted molar refractivity (Wildman–Crippen MR) is 73.1 cm³/mol. The quantitative estimate of drug-likeness (QED) is 0.875. The predicted octanol–water partition coefficient (Wildman–Crippen LogP) is 4.44. The van der Waals surface area contributed by atoms with Gasteiger partial charge in [0, 0.05) is 11.4 Å². The summed E-state index contributed by atoms with van der Waals surface area (Å²) < 4.78 is 0. The van der Waals surface area contributed by atoms with Gasteiger partial charge in [0.05, 0.1) is 15.6 Å². The van der Waals surface area contributed by atoms with Gasteiger partial charge in [0.25, 0.3) is 0 Å². The fourth-order valence-corrected chi connectivity index (χ4v) is 1.73. The molecule has 0 spiro atoms. The standard InChI is InChI=1S/C13H9Cl2NO2/c14-11-6-5-10(7-12(11)15)16-9-3-1-8(2-4-9)13(17)18/h1-7,16H,(H,17,18). The zero-order valence-corrected chi connectivity index (χ0v) is 10.7. The SMILES string of the molecule is O=C(O)c1ccc(Nc2ccc(Cl)c(Cl)c2)cc1. The number of benzene rings is 2. The van der Waals surface area contributed by atoms with Crippen molar-refractivity contribution in [3.63, 3.8) is 0 Å². The van der Waals surface area contributed by atoms with Crippen LogP contribution in [0, 0.1) is 0 Å². The summed E-state index contributed by atoms with van der Waals surface area (Å²) >= 11 is 11.7. The Hall–Kier alpha value is -1.71. The third kappa shape index (κ3) is 2.94. The van der Waals surface area contributed by atoms with Crippen molar-refractivity contribution >= 4 is 40.5 Å². The Labute approximate surface area is 114 Å². The van der Waals surface area contributed by atoms with Crippen molar-refractivity contribution in [3.8, 4) is 0 Å². The molecule has 0 amide bonds. The molecule has 0 fully saturated rings. The fourth-order valence-electron chi connectivity index (χ4n) is 1.44. The molecule has 3 nitrogen and oxygen atoms in total. The van der Waals surface area contributed by atoms with Crippen LogP contribution in [0.3, 0.4) is 0 Å². The highest BCUT2D eigenvalue weighted by Crippen LogP contribution is 2.26. The molecule has 5 heteroatoms. The van der Waals surface area contributed by atoms with Crippen LogP contribution < -0.4 is 5.32 Å². The van der Waals surface area contributed by atoms with Crippen molar-refractivity contribution < 1.29 is 9.90 Å². The van der Waals surface area contributed by atoms with E-state index in [4.69, 9.17) is 28.3 Å². The van der Waals surface area contributed by atoms with Gasteiger partial charge in [-0.05, 0) is 42.5 Å². The van der Waals surface area contributed by atoms with E-state index in [9.17, 15) is 4.79 Å². The molecule has 92 valence electrons. The molecule has 18 heavy (non-hydrogen) atoms. The van der Waals surface area contributed by atoms with E-state index in [1.165, 1.54) is 12.1 Å². The van der Waals surface area contributed by atoms with Gasteiger partial charge in [-0.2, -0.15) is 0 Å². The molecular formula is C13H9Cl2NO2. The van der Waals surface area contributed by atoms with Crippen LogP contribution in [0.1, 0.15) is 10.4 Å². The van der Waals surface area contributed by atoms with Crippen molar-refractivity contribution in [2.75, 3.05) is 5.32 Å². The Morgan fingerprint density at radius 3 is 2.11 bits per heavy atom. The zero-order valence-electron chi connectivity index (χ0n) is 9.15. The summed E-state index contributed by atoms with van der Waals surface area (Å²) in [5, 5.41) is 12.8. The molecule has 0 bridgehead atoms. The van der Waals surface area contributed by atoms with E-state index in [2.05, 4.69) is 5.32 Å². The number of rotatable bonds is 3. The fraction of sp³-hybridized carbons (Fsp3) is 0. The van der Waals surface area contributed by atoms with Crippen molar-refractivity contribution in [2.45, 2.75) is 0 Å². The van der Waals surface area contributed by atoms with Gasteiger partial charge in [-0.15, -0.1) is 0 Å². The van der Waals surface area contributed by atoms with Gasteiger partial charge in [0.15, 0.2) is 0 Å². The lowest BCUT2D eigenvalue weighted by Gasteiger charge is -2.07. The molecule has 0 saturated heterocycles. The second kappa shape index (κ2) is 5.29. The van der Waals surface area contributed by atoms with E-state index in [0.29, 0.717) is 10.0 Å². The van der Waals surface area contributed by atoms with E-state index >= 15 is 0 Å². The lowest BCUT2D eigenvalue weighted by Crippen LogP contribution is -1.96. The highest BCUT2D eigenvalue weighted by atomic mass is 35.5. The van der Waals surface area contributed by atoms with Gasteiger partial charge in [0.2, 0.25) is 0 Å². The van der Waals surface area contributed by atoms with Crippen LogP contribution in [0.5, 0.6) is 0 Å². The van der Waals surface area contributed by atoms with Crippen LogP contribution in [0.2, 0.25) is 10.0 Å². The minimum absolute atomic E-state index is 0.245. The van der Waals surface area contributed by atoms with Gasteiger partial charge >= 0.3 is 5.97 Å². The van der Waals surface area contributed by atoms with Crippen LogP contribution in [0.4, 0.5) is 11.4 Å². The maximum atomic E-state index is 10.7. The minimum Gasteiger partial charge on any atom is -0.478 e. The summed E-state index contributed by atoms with van der Waals surface area (Å²) in [7, 11) is 0. The number of hydrogen-bond acceptors (Lipinski definition) is 2. The molecule has 0 aromatic heterocycles. The summed E-state index contributed by atoms with van der Waals surface area (Å²) in [4.78, 5) is 10.7. The lowest BCUT2D eigenvalue weighted by atomic mass is 10.2. The van der Waals surface area contributed by atoms with Crippen molar-refractivity contribution in [1.82, 2.24) is 0 Å². The molecule has 0 aliphatic heterocycles. The van der Waals surface area contributed by atoms with Crippen molar-refractivity contribution in [1.29, 1.82) is 0 Å². The number of nitrogens with one attached hydrogen (secondary N) is 1. The summed E-state index contributed by atoms with van der Waals surface area (Å²) in [6.07, 6.45) is 0. The number of halogens is 2. The second-order valence-corrected chi connectivity index (χ2v) is 4.45. The van der Waals surface area contributed by atoms with E-state index in [1.54, 1.807) is 30.3 Å². The molecule has 2 N–H and O–H groups in total. The lowest BCUT2D eigenvalue weighted by molar-refractivity contribution is 0.0697. The monoisotopic (exact) mass is 281 g/mol. The largest absolute Gasteiger partial charge is 0.478 e. The number of carbonyl (C=O) groups is 1. The molecule has 0 aliphatic rings. The topological polar surface area (TPSA) is 49.3 Å². The molecule has 2 aromatic rings. The van der Waals surface area contributed by atoms with Gasteiger partial charge in [-0.25, -0.2) is 4.79 Å². The summed E-state index contributed by atoms with van der Waals surface area (Å²) in [6, 6.07) is 11.6. The van der Waals surface area contributed by atoms with Crippen molar-refractivity contribution in [2.24, 2.45) is 0 Å². The Morgan fingerprint density at radius 2 is 1.56 bits per heavy atom. The number of hydrogen-bond donors (Lipinski definition) is 2. The molecule has 0 atom stereocenters. The first-order valence-corrected chi connectivity index (χ1v) is 5.87. The van der Waals surface area contributed by atoms with Crippen LogP contribution in [0.15, 0.2) is 42.5 Å². The average molecular weight is 282 g/mol.